The average molecular weight is 326 g/mol. The van der Waals surface area contributed by atoms with Crippen molar-refractivity contribution in [1.82, 2.24) is 4.90 Å². The third-order valence-electron chi connectivity index (χ3n) is 4.45. The van der Waals surface area contributed by atoms with Crippen molar-refractivity contribution in [1.29, 1.82) is 0 Å². The Kier molecular flexibility index (Phi) is 5.76. The van der Waals surface area contributed by atoms with Crippen molar-refractivity contribution in [3.63, 3.8) is 0 Å². The van der Waals surface area contributed by atoms with Gasteiger partial charge in [0.15, 0.2) is 0 Å². The molecule has 1 spiro atoms. The van der Waals surface area contributed by atoms with Crippen molar-refractivity contribution in [3.8, 4) is 5.75 Å². The lowest BCUT2D eigenvalue weighted by atomic mass is 9.95. The molecule has 0 aromatic heterocycles. The molecule has 4 heteroatoms. The zero-order valence-corrected chi connectivity index (χ0v) is 15.2. The van der Waals surface area contributed by atoms with Gasteiger partial charge in [-0.2, -0.15) is 0 Å². The molecule has 3 rings (SSSR count). The van der Waals surface area contributed by atoms with Gasteiger partial charge in [-0.1, -0.05) is 52.3 Å². The van der Waals surface area contributed by atoms with Crippen LogP contribution in [0.15, 0.2) is 12.1 Å². The van der Waals surface area contributed by atoms with Gasteiger partial charge in [-0.05, 0) is 24.1 Å². The van der Waals surface area contributed by atoms with Crippen molar-refractivity contribution in [3.05, 3.63) is 28.3 Å². The van der Waals surface area contributed by atoms with Crippen LogP contribution in [0, 0.1) is 0 Å². The smallest absolute Gasteiger partial charge is 0.142 e. The monoisotopic (exact) mass is 325 g/mol. The van der Waals surface area contributed by atoms with Gasteiger partial charge >= 0.3 is 0 Å². The van der Waals surface area contributed by atoms with Gasteiger partial charge in [0.1, 0.15) is 17.9 Å². The van der Waals surface area contributed by atoms with E-state index in [-0.39, 0.29) is 5.54 Å². The van der Waals surface area contributed by atoms with E-state index in [1.54, 1.807) is 0 Å². The number of hydrogen-bond acceptors (Lipinski definition) is 3. The third kappa shape index (κ3) is 3.12. The SMILES string of the molecule is CC.CCN1Cc2cc(C(C)C)cc(Cl)c2OCC12COC2. The topological polar surface area (TPSA) is 21.7 Å². The zero-order valence-electron chi connectivity index (χ0n) is 14.4. The molecule has 0 aliphatic carbocycles. The molecule has 0 atom stereocenters. The van der Waals surface area contributed by atoms with E-state index in [1.807, 2.05) is 19.9 Å². The molecular weight excluding hydrogens is 298 g/mol. The fourth-order valence-corrected chi connectivity index (χ4v) is 3.31. The van der Waals surface area contributed by atoms with Gasteiger partial charge in [-0.3, -0.25) is 4.90 Å². The number of rotatable bonds is 2. The molecule has 1 saturated heterocycles. The zero-order chi connectivity index (χ0) is 16.3. The summed E-state index contributed by atoms with van der Waals surface area (Å²) in [6.45, 7) is 14.6. The van der Waals surface area contributed by atoms with Crippen LogP contribution < -0.4 is 4.74 Å². The Morgan fingerprint density at radius 2 is 1.91 bits per heavy atom. The van der Waals surface area contributed by atoms with E-state index in [1.165, 1.54) is 11.1 Å². The quantitative estimate of drug-likeness (QED) is 0.800. The number of fused-ring (bicyclic) bond motifs is 1. The highest BCUT2D eigenvalue weighted by Gasteiger charge is 2.46. The molecule has 0 bridgehead atoms. The second-order valence-electron chi connectivity index (χ2n) is 6.17. The van der Waals surface area contributed by atoms with Crippen molar-refractivity contribution in [2.75, 3.05) is 26.4 Å². The highest BCUT2D eigenvalue weighted by molar-refractivity contribution is 6.32. The van der Waals surface area contributed by atoms with Crippen LogP contribution in [-0.2, 0) is 11.3 Å². The van der Waals surface area contributed by atoms with Crippen molar-refractivity contribution >= 4 is 11.6 Å². The molecule has 0 unspecified atom stereocenters. The van der Waals surface area contributed by atoms with E-state index < -0.39 is 0 Å². The molecule has 1 aromatic rings. The fraction of sp³-hybridized carbons (Fsp3) is 0.667. The number of nitrogens with zero attached hydrogens (tertiary/aromatic N) is 1. The molecule has 2 heterocycles. The molecule has 0 radical (unpaired) electrons. The minimum Gasteiger partial charge on any atom is -0.490 e. The standard InChI is InChI=1S/C16H22ClNO2.C2H6/c1-4-18-7-13-5-12(11(2)3)6-14(17)15(13)20-10-16(18)8-19-9-16;1-2/h5-6,11H,4,7-10H2,1-3H3;1-2H3. The molecule has 3 nitrogen and oxygen atoms in total. The Morgan fingerprint density at radius 1 is 1.23 bits per heavy atom. The van der Waals surface area contributed by atoms with Gasteiger partial charge in [-0.15, -0.1) is 0 Å². The second kappa shape index (κ2) is 7.20. The second-order valence-corrected chi connectivity index (χ2v) is 6.57. The van der Waals surface area contributed by atoms with E-state index in [4.69, 9.17) is 21.1 Å². The van der Waals surface area contributed by atoms with E-state index in [9.17, 15) is 0 Å². The van der Waals surface area contributed by atoms with E-state index in [0.29, 0.717) is 12.5 Å². The van der Waals surface area contributed by atoms with Crippen molar-refractivity contribution in [2.24, 2.45) is 0 Å². The lowest BCUT2D eigenvalue weighted by molar-refractivity contribution is -0.154. The molecule has 0 amide bonds. The normalized spacial score (nSPS) is 19.6. The van der Waals surface area contributed by atoms with Crippen LogP contribution in [-0.4, -0.2) is 36.8 Å². The molecule has 1 fully saturated rings. The van der Waals surface area contributed by atoms with E-state index in [2.05, 4.69) is 31.7 Å². The van der Waals surface area contributed by atoms with Gasteiger partial charge in [0.25, 0.3) is 0 Å². The molecule has 22 heavy (non-hydrogen) atoms. The number of benzene rings is 1. The highest BCUT2D eigenvalue weighted by atomic mass is 35.5. The maximum Gasteiger partial charge on any atom is 0.142 e. The third-order valence-corrected chi connectivity index (χ3v) is 4.73. The summed E-state index contributed by atoms with van der Waals surface area (Å²) in [4.78, 5) is 2.46. The summed E-state index contributed by atoms with van der Waals surface area (Å²) in [5.41, 5.74) is 2.51. The summed E-state index contributed by atoms with van der Waals surface area (Å²) in [6, 6.07) is 4.28. The van der Waals surface area contributed by atoms with Gasteiger partial charge in [-0.25, -0.2) is 0 Å². The maximum atomic E-state index is 6.43. The molecule has 1 aromatic carbocycles. The average Bonchev–Trinajstić information content (AvgIpc) is 2.65. The van der Waals surface area contributed by atoms with Gasteiger partial charge in [0.05, 0.1) is 18.2 Å². The van der Waals surface area contributed by atoms with Crippen LogP contribution in [0.25, 0.3) is 0 Å². The van der Waals surface area contributed by atoms with Crippen LogP contribution in [0.5, 0.6) is 5.75 Å². The molecule has 2 aliphatic rings. The molecule has 0 N–H and O–H groups in total. The Labute approximate surface area is 139 Å². The van der Waals surface area contributed by atoms with Crippen LogP contribution in [0.4, 0.5) is 0 Å². The van der Waals surface area contributed by atoms with Gasteiger partial charge < -0.3 is 9.47 Å². The molecular formula is C18H28ClNO2. The van der Waals surface area contributed by atoms with Gasteiger partial charge in [0, 0.05) is 12.1 Å². The summed E-state index contributed by atoms with van der Waals surface area (Å²) >= 11 is 6.43. The summed E-state index contributed by atoms with van der Waals surface area (Å²) < 4.78 is 11.5. The predicted molar refractivity (Wildman–Crippen MR) is 92.0 cm³/mol. The summed E-state index contributed by atoms with van der Waals surface area (Å²) in [5.74, 6) is 1.33. The van der Waals surface area contributed by atoms with Crippen LogP contribution in [0.2, 0.25) is 5.02 Å². The maximum absolute atomic E-state index is 6.43. The molecule has 2 aliphatic heterocycles. The number of ether oxygens (including phenoxy) is 2. The Bertz CT molecular complexity index is 512. The largest absolute Gasteiger partial charge is 0.490 e. The Balaban J connectivity index is 0.000000847. The Morgan fingerprint density at radius 3 is 2.41 bits per heavy atom. The minimum atomic E-state index is 0.0368. The minimum absolute atomic E-state index is 0.0368. The number of halogens is 1. The molecule has 124 valence electrons. The lowest BCUT2D eigenvalue weighted by Gasteiger charge is -2.47. The van der Waals surface area contributed by atoms with Crippen molar-refractivity contribution < 1.29 is 9.47 Å². The first-order chi connectivity index (χ1) is 10.6. The number of hydrogen-bond donors (Lipinski definition) is 0. The predicted octanol–water partition coefficient (Wildman–Crippen LogP) is 4.47. The van der Waals surface area contributed by atoms with E-state index >= 15 is 0 Å². The lowest BCUT2D eigenvalue weighted by Crippen LogP contribution is -2.64. The molecule has 0 saturated carbocycles. The van der Waals surface area contributed by atoms with Crippen LogP contribution in [0.3, 0.4) is 0 Å². The number of likely N-dealkylation sites (N-methyl/N-ethyl adjacent to an activating group) is 1. The Hall–Kier alpha value is -0.770. The first-order valence-electron chi connectivity index (χ1n) is 8.33. The first kappa shape index (κ1) is 17.6. The van der Waals surface area contributed by atoms with Crippen LogP contribution >= 0.6 is 11.6 Å². The summed E-state index contributed by atoms with van der Waals surface area (Å²) in [5, 5.41) is 0.736. The van der Waals surface area contributed by atoms with Crippen LogP contribution in [0.1, 0.15) is 51.7 Å². The van der Waals surface area contributed by atoms with Gasteiger partial charge in [0.2, 0.25) is 0 Å². The highest BCUT2D eigenvalue weighted by Crippen LogP contribution is 2.39. The summed E-state index contributed by atoms with van der Waals surface area (Å²) in [7, 11) is 0. The fourth-order valence-electron chi connectivity index (χ4n) is 3.01. The first-order valence-corrected chi connectivity index (χ1v) is 8.71. The van der Waals surface area contributed by atoms with Crippen molar-refractivity contribution in [2.45, 2.75) is 52.6 Å². The summed E-state index contributed by atoms with van der Waals surface area (Å²) in [6.07, 6.45) is 0. The van der Waals surface area contributed by atoms with E-state index in [0.717, 1.165) is 37.1 Å².